The van der Waals surface area contributed by atoms with Crippen LogP contribution in [0.1, 0.15) is 35.1 Å². The monoisotopic (exact) mass is 360 g/mol. The molecule has 0 saturated heterocycles. The van der Waals surface area contributed by atoms with Gasteiger partial charge >= 0.3 is 6.18 Å². The van der Waals surface area contributed by atoms with Crippen molar-refractivity contribution in [2.24, 2.45) is 11.7 Å². The third kappa shape index (κ3) is 2.78. The third-order valence-corrected chi connectivity index (χ3v) is 5.61. The molecule has 0 bridgehead atoms. The van der Waals surface area contributed by atoms with Crippen LogP contribution in [-0.2, 0) is 29.4 Å². The maximum Gasteiger partial charge on any atom is 0.416 e. The quantitative estimate of drug-likeness (QED) is 0.869. The average molecular weight is 360 g/mol. The summed E-state index contributed by atoms with van der Waals surface area (Å²) >= 11 is 0. The summed E-state index contributed by atoms with van der Waals surface area (Å²) in [6.07, 6.45) is -1.86. The topological polar surface area (TPSA) is 55.1 Å². The number of carbonyl (C=O) groups excluding carboxylic acids is 1. The molecule has 3 N–H and O–H groups in total. The fourth-order valence-corrected chi connectivity index (χ4v) is 4.21. The van der Waals surface area contributed by atoms with Crippen LogP contribution in [0.3, 0.4) is 0 Å². The average Bonchev–Trinajstić information content (AvgIpc) is 3.23. The van der Waals surface area contributed by atoms with Crippen LogP contribution in [0.25, 0.3) is 0 Å². The number of alkyl halides is 3. The number of aryl methyl sites for hydroxylation is 1. The summed E-state index contributed by atoms with van der Waals surface area (Å²) in [5.74, 6) is -0.411. The van der Waals surface area contributed by atoms with Crippen LogP contribution in [0.15, 0.2) is 42.5 Å². The Bertz CT molecular complexity index is 878. The molecule has 2 aromatic rings. The predicted molar refractivity (Wildman–Crippen MR) is 92.5 cm³/mol. The molecule has 2 unspecified atom stereocenters. The van der Waals surface area contributed by atoms with Crippen LogP contribution in [-0.4, -0.2) is 5.91 Å². The lowest BCUT2D eigenvalue weighted by molar-refractivity contribution is -0.137. The summed E-state index contributed by atoms with van der Waals surface area (Å²) in [5.41, 5.74) is 7.54. The van der Waals surface area contributed by atoms with Gasteiger partial charge in [-0.15, -0.1) is 0 Å². The Morgan fingerprint density at radius 2 is 2.00 bits per heavy atom. The molecular weight excluding hydrogens is 341 g/mol. The van der Waals surface area contributed by atoms with Gasteiger partial charge in [-0.05, 0) is 54.2 Å². The summed E-state index contributed by atoms with van der Waals surface area (Å²) in [7, 11) is 0. The number of benzene rings is 2. The summed E-state index contributed by atoms with van der Waals surface area (Å²) < 4.78 is 39.1. The molecule has 2 atom stereocenters. The third-order valence-electron chi connectivity index (χ3n) is 5.61. The van der Waals surface area contributed by atoms with Crippen LogP contribution in [0.2, 0.25) is 0 Å². The smallest absolute Gasteiger partial charge is 0.326 e. The highest BCUT2D eigenvalue weighted by molar-refractivity contribution is 5.96. The minimum absolute atomic E-state index is 0.0203. The summed E-state index contributed by atoms with van der Waals surface area (Å²) in [6.45, 7) is -0.0203. The number of halogens is 3. The number of hydrogen-bond donors (Lipinski definition) is 2. The second kappa shape index (κ2) is 5.84. The highest BCUT2D eigenvalue weighted by Crippen LogP contribution is 2.61. The highest BCUT2D eigenvalue weighted by atomic mass is 19.4. The van der Waals surface area contributed by atoms with E-state index in [0.717, 1.165) is 31.4 Å². The van der Waals surface area contributed by atoms with E-state index in [2.05, 4.69) is 17.4 Å². The molecule has 0 aromatic heterocycles. The van der Waals surface area contributed by atoms with E-state index in [-0.39, 0.29) is 29.5 Å². The van der Waals surface area contributed by atoms with E-state index >= 15 is 0 Å². The maximum absolute atomic E-state index is 13.0. The summed E-state index contributed by atoms with van der Waals surface area (Å²) in [6, 6.07) is 11.6. The minimum Gasteiger partial charge on any atom is -0.326 e. The van der Waals surface area contributed by atoms with E-state index in [1.807, 2.05) is 12.1 Å². The van der Waals surface area contributed by atoms with E-state index in [4.69, 9.17) is 5.73 Å². The van der Waals surface area contributed by atoms with Crippen molar-refractivity contribution in [2.75, 3.05) is 5.32 Å². The number of anilines is 1. The number of hydrogen-bond acceptors (Lipinski definition) is 2. The Labute approximate surface area is 149 Å². The van der Waals surface area contributed by atoms with Gasteiger partial charge in [0.15, 0.2) is 0 Å². The molecule has 4 rings (SSSR count). The second-order valence-corrected chi connectivity index (χ2v) is 7.18. The molecule has 0 radical (unpaired) electrons. The zero-order chi connectivity index (χ0) is 18.5. The Kier molecular flexibility index (Phi) is 3.84. The molecule has 1 amide bonds. The molecule has 2 aliphatic carbocycles. The van der Waals surface area contributed by atoms with Crippen molar-refractivity contribution < 1.29 is 18.0 Å². The molecule has 1 spiro atoms. The SMILES string of the molecule is NCc1cc(NC(=O)C2CC23CCc2ccccc23)cc(C(F)(F)F)c1. The Hall–Kier alpha value is -2.34. The number of nitrogens with one attached hydrogen (secondary N) is 1. The Morgan fingerprint density at radius 3 is 2.73 bits per heavy atom. The molecule has 3 nitrogen and oxygen atoms in total. The van der Waals surface area contributed by atoms with E-state index in [9.17, 15) is 18.0 Å². The fraction of sp³-hybridized carbons (Fsp3) is 0.350. The van der Waals surface area contributed by atoms with Crippen molar-refractivity contribution in [3.63, 3.8) is 0 Å². The number of fused-ring (bicyclic) bond motifs is 2. The Balaban J connectivity index is 1.55. The van der Waals surface area contributed by atoms with Crippen molar-refractivity contribution in [1.29, 1.82) is 0 Å². The van der Waals surface area contributed by atoms with Crippen LogP contribution < -0.4 is 11.1 Å². The van der Waals surface area contributed by atoms with Gasteiger partial charge in [-0.1, -0.05) is 24.3 Å². The van der Waals surface area contributed by atoms with Crippen LogP contribution >= 0.6 is 0 Å². The van der Waals surface area contributed by atoms with E-state index in [0.29, 0.717) is 5.56 Å². The van der Waals surface area contributed by atoms with Gasteiger partial charge in [-0.25, -0.2) is 0 Å². The lowest BCUT2D eigenvalue weighted by atomic mass is 9.95. The van der Waals surface area contributed by atoms with Gasteiger partial charge in [0.2, 0.25) is 5.91 Å². The molecule has 0 heterocycles. The summed E-state index contributed by atoms with van der Waals surface area (Å²) in [4.78, 5) is 12.7. The first kappa shape index (κ1) is 17.1. The molecular formula is C20H19F3N2O. The molecule has 136 valence electrons. The molecule has 2 aromatic carbocycles. The largest absolute Gasteiger partial charge is 0.416 e. The van der Waals surface area contributed by atoms with E-state index < -0.39 is 11.7 Å². The first-order valence-electron chi connectivity index (χ1n) is 8.64. The molecule has 1 saturated carbocycles. The van der Waals surface area contributed by atoms with Gasteiger partial charge in [0.1, 0.15) is 0 Å². The second-order valence-electron chi connectivity index (χ2n) is 7.18. The van der Waals surface area contributed by atoms with Crippen molar-refractivity contribution in [3.8, 4) is 0 Å². The van der Waals surface area contributed by atoms with Crippen LogP contribution in [0.5, 0.6) is 0 Å². The Morgan fingerprint density at radius 1 is 1.23 bits per heavy atom. The maximum atomic E-state index is 13.0. The molecule has 0 aliphatic heterocycles. The fourth-order valence-electron chi connectivity index (χ4n) is 4.21. The zero-order valence-corrected chi connectivity index (χ0v) is 14.1. The number of nitrogens with two attached hydrogens (primary N) is 1. The van der Waals surface area contributed by atoms with Gasteiger partial charge in [-0.2, -0.15) is 13.2 Å². The molecule has 26 heavy (non-hydrogen) atoms. The van der Waals surface area contributed by atoms with Crippen molar-refractivity contribution >= 4 is 11.6 Å². The predicted octanol–water partition coefficient (Wildman–Crippen LogP) is 4.01. The van der Waals surface area contributed by atoms with Crippen molar-refractivity contribution in [3.05, 3.63) is 64.7 Å². The minimum atomic E-state index is -4.48. The van der Waals surface area contributed by atoms with Gasteiger partial charge < -0.3 is 11.1 Å². The number of carbonyl (C=O) groups is 1. The van der Waals surface area contributed by atoms with Gasteiger partial charge in [0.05, 0.1) is 5.56 Å². The van der Waals surface area contributed by atoms with E-state index in [1.54, 1.807) is 0 Å². The van der Waals surface area contributed by atoms with Crippen molar-refractivity contribution in [1.82, 2.24) is 0 Å². The highest BCUT2D eigenvalue weighted by Gasteiger charge is 2.61. The van der Waals surface area contributed by atoms with E-state index in [1.165, 1.54) is 17.2 Å². The summed E-state index contributed by atoms with van der Waals surface area (Å²) in [5, 5.41) is 2.68. The lowest BCUT2D eigenvalue weighted by Gasteiger charge is -2.14. The molecule has 1 fully saturated rings. The van der Waals surface area contributed by atoms with Gasteiger partial charge in [0.25, 0.3) is 0 Å². The van der Waals surface area contributed by atoms with Gasteiger partial charge in [0, 0.05) is 23.6 Å². The standard InChI is InChI=1S/C20H19F3N2O/c21-20(22,23)14-7-12(11-24)8-15(9-14)25-18(26)17-10-19(17)6-5-13-3-1-2-4-16(13)19/h1-4,7-9,17H,5-6,10-11,24H2,(H,25,26). The first-order chi connectivity index (χ1) is 12.3. The van der Waals surface area contributed by atoms with Crippen LogP contribution in [0, 0.1) is 5.92 Å². The lowest BCUT2D eigenvalue weighted by Crippen LogP contribution is -2.20. The van der Waals surface area contributed by atoms with Crippen molar-refractivity contribution in [2.45, 2.75) is 37.4 Å². The first-order valence-corrected chi connectivity index (χ1v) is 8.64. The van der Waals surface area contributed by atoms with Crippen LogP contribution in [0.4, 0.5) is 18.9 Å². The number of amides is 1. The normalized spacial score (nSPS) is 23.8. The molecule has 2 aliphatic rings. The molecule has 6 heteroatoms. The zero-order valence-electron chi connectivity index (χ0n) is 14.1. The van der Waals surface area contributed by atoms with Gasteiger partial charge in [-0.3, -0.25) is 4.79 Å². The number of rotatable bonds is 3.